The monoisotopic (exact) mass is 422 g/mol. The summed E-state index contributed by atoms with van der Waals surface area (Å²) in [6, 6.07) is 6.22. The van der Waals surface area contributed by atoms with Gasteiger partial charge < -0.3 is 14.4 Å². The summed E-state index contributed by atoms with van der Waals surface area (Å²) in [7, 11) is 1.45. The number of carboxylic acids is 1. The first-order valence-corrected chi connectivity index (χ1v) is 9.00. The van der Waals surface area contributed by atoms with Gasteiger partial charge in [0.15, 0.2) is 5.43 Å². The van der Waals surface area contributed by atoms with Crippen LogP contribution in [-0.4, -0.2) is 37.5 Å². The maximum absolute atomic E-state index is 12.6. The summed E-state index contributed by atoms with van der Waals surface area (Å²) in [6.07, 6.45) is 1.47. The van der Waals surface area contributed by atoms with Crippen molar-refractivity contribution in [1.29, 1.82) is 0 Å². The Balaban J connectivity index is 2.25. The molecule has 0 radical (unpaired) electrons. The van der Waals surface area contributed by atoms with E-state index in [9.17, 15) is 14.7 Å². The van der Waals surface area contributed by atoms with Gasteiger partial charge in [-0.15, -0.1) is 5.10 Å². The summed E-state index contributed by atoms with van der Waals surface area (Å²) in [5, 5.41) is 14.4. The van der Waals surface area contributed by atoms with Crippen molar-refractivity contribution in [1.82, 2.24) is 19.3 Å². The molecule has 0 unspecified atom stereocenters. The molecular weight excluding hydrogens is 407 g/mol. The highest BCUT2D eigenvalue weighted by Crippen LogP contribution is 2.30. The van der Waals surface area contributed by atoms with Gasteiger partial charge in [-0.25, -0.2) is 9.48 Å². The van der Waals surface area contributed by atoms with Gasteiger partial charge in [-0.05, 0) is 19.1 Å². The molecule has 146 valence electrons. The number of methoxy groups -OCH3 is 1. The molecule has 0 atom stereocenters. The number of carbonyl (C=O) groups is 1. The van der Waals surface area contributed by atoms with Crippen LogP contribution < -0.4 is 10.2 Å². The number of hydrogen-bond acceptors (Lipinski definition) is 5. The maximum atomic E-state index is 12.6. The van der Waals surface area contributed by atoms with Crippen molar-refractivity contribution in [2.24, 2.45) is 0 Å². The van der Waals surface area contributed by atoms with Crippen LogP contribution in [-0.2, 0) is 13.1 Å². The van der Waals surface area contributed by atoms with Gasteiger partial charge in [-0.2, -0.15) is 4.98 Å². The zero-order valence-corrected chi connectivity index (χ0v) is 16.5. The van der Waals surface area contributed by atoms with Crippen LogP contribution in [0.5, 0.6) is 6.01 Å². The number of pyridine rings is 1. The first-order valence-electron chi connectivity index (χ1n) is 8.24. The average molecular weight is 423 g/mol. The number of aromatic carboxylic acids is 1. The molecule has 0 fully saturated rings. The summed E-state index contributed by atoms with van der Waals surface area (Å²) in [5.41, 5.74) is 0.346. The highest BCUT2D eigenvalue weighted by Gasteiger charge is 2.22. The van der Waals surface area contributed by atoms with Crippen LogP contribution in [0.15, 0.2) is 35.4 Å². The third kappa shape index (κ3) is 3.74. The normalized spacial score (nSPS) is 10.9. The molecule has 0 aliphatic rings. The van der Waals surface area contributed by atoms with Crippen LogP contribution in [0.4, 0.5) is 0 Å². The van der Waals surface area contributed by atoms with E-state index in [-0.39, 0.29) is 28.8 Å². The molecule has 0 bridgehead atoms. The Bertz CT molecular complexity index is 1110. The Morgan fingerprint density at radius 3 is 2.57 bits per heavy atom. The van der Waals surface area contributed by atoms with Crippen LogP contribution in [0.1, 0.15) is 23.0 Å². The van der Waals surface area contributed by atoms with Crippen molar-refractivity contribution in [3.05, 3.63) is 62.1 Å². The second-order valence-electron chi connectivity index (χ2n) is 5.83. The third-order valence-corrected chi connectivity index (χ3v) is 4.88. The minimum Gasteiger partial charge on any atom is -0.477 e. The SMILES string of the molecule is CCn1c(Cn2cnc(OC)n2)cc(=O)c(C(=O)O)c1-c1ccc(Cl)c(Cl)c1. The molecular formula is C18H16Cl2N4O4. The van der Waals surface area contributed by atoms with Crippen LogP contribution >= 0.6 is 23.2 Å². The lowest BCUT2D eigenvalue weighted by atomic mass is 10.0. The van der Waals surface area contributed by atoms with Gasteiger partial charge in [0.25, 0.3) is 0 Å². The molecule has 28 heavy (non-hydrogen) atoms. The Kier molecular flexibility index (Phi) is 5.71. The van der Waals surface area contributed by atoms with Crippen molar-refractivity contribution in [3.63, 3.8) is 0 Å². The van der Waals surface area contributed by atoms with Gasteiger partial charge >= 0.3 is 12.0 Å². The van der Waals surface area contributed by atoms with E-state index < -0.39 is 11.4 Å². The van der Waals surface area contributed by atoms with Crippen LogP contribution in [0.3, 0.4) is 0 Å². The van der Waals surface area contributed by atoms with E-state index in [4.69, 9.17) is 27.9 Å². The van der Waals surface area contributed by atoms with E-state index in [1.54, 1.807) is 22.8 Å². The Hall–Kier alpha value is -2.84. The van der Waals surface area contributed by atoms with Crippen molar-refractivity contribution in [3.8, 4) is 17.3 Å². The minimum absolute atomic E-state index is 0.192. The summed E-state index contributed by atoms with van der Waals surface area (Å²) >= 11 is 12.1. The maximum Gasteiger partial charge on any atom is 0.341 e. The lowest BCUT2D eigenvalue weighted by Crippen LogP contribution is -2.24. The van der Waals surface area contributed by atoms with E-state index in [1.807, 2.05) is 6.92 Å². The van der Waals surface area contributed by atoms with Gasteiger partial charge in [0.05, 0.1) is 29.4 Å². The number of halogens is 2. The molecule has 2 heterocycles. The molecule has 3 rings (SSSR count). The van der Waals surface area contributed by atoms with Crippen LogP contribution in [0, 0.1) is 0 Å². The molecule has 0 saturated carbocycles. The molecule has 0 spiro atoms. The predicted octanol–water partition coefficient (Wildman–Crippen LogP) is 3.19. The quantitative estimate of drug-likeness (QED) is 0.654. The summed E-state index contributed by atoms with van der Waals surface area (Å²) in [5.74, 6) is -1.32. The lowest BCUT2D eigenvalue weighted by molar-refractivity contribution is 0.0695. The number of rotatable bonds is 6. The zero-order chi connectivity index (χ0) is 20.4. The standard InChI is InChI=1S/C18H16Cl2N4O4/c1-3-24-11(8-23-9-21-18(22-23)28-2)7-14(25)15(17(26)27)16(24)10-4-5-12(19)13(20)6-10/h4-7,9H,3,8H2,1-2H3,(H,26,27). The number of hydrogen-bond donors (Lipinski definition) is 1. The van der Waals surface area contributed by atoms with E-state index in [1.165, 1.54) is 24.2 Å². The van der Waals surface area contributed by atoms with Gasteiger partial charge in [0.1, 0.15) is 11.9 Å². The number of nitrogens with zero attached hydrogens (tertiary/aromatic N) is 4. The molecule has 0 aliphatic heterocycles. The molecule has 8 nitrogen and oxygen atoms in total. The van der Waals surface area contributed by atoms with Crippen molar-refractivity contribution in [2.45, 2.75) is 20.0 Å². The summed E-state index contributed by atoms with van der Waals surface area (Å²) in [6.45, 7) is 2.47. The highest BCUT2D eigenvalue weighted by molar-refractivity contribution is 6.42. The highest BCUT2D eigenvalue weighted by atomic mass is 35.5. The summed E-state index contributed by atoms with van der Waals surface area (Å²) in [4.78, 5) is 28.4. The fourth-order valence-corrected chi connectivity index (χ4v) is 3.25. The van der Waals surface area contributed by atoms with E-state index in [2.05, 4.69) is 10.1 Å². The molecule has 1 aromatic carbocycles. The van der Waals surface area contributed by atoms with Crippen LogP contribution in [0.2, 0.25) is 10.0 Å². The van der Waals surface area contributed by atoms with Gasteiger partial charge in [-0.3, -0.25) is 4.79 Å². The molecule has 10 heteroatoms. The van der Waals surface area contributed by atoms with Crippen molar-refractivity contribution >= 4 is 29.2 Å². The smallest absolute Gasteiger partial charge is 0.341 e. The molecule has 2 aromatic heterocycles. The zero-order valence-electron chi connectivity index (χ0n) is 15.0. The Morgan fingerprint density at radius 2 is 2.00 bits per heavy atom. The Labute approximate surface area is 169 Å². The summed E-state index contributed by atoms with van der Waals surface area (Å²) < 4.78 is 8.20. The number of carboxylic acid groups (broad SMARTS) is 1. The molecule has 0 saturated heterocycles. The van der Waals surface area contributed by atoms with E-state index >= 15 is 0 Å². The number of aromatic nitrogens is 4. The van der Waals surface area contributed by atoms with Gasteiger partial charge in [0.2, 0.25) is 0 Å². The first kappa shape index (κ1) is 19.9. The Morgan fingerprint density at radius 1 is 1.25 bits per heavy atom. The van der Waals surface area contributed by atoms with E-state index in [0.717, 1.165) is 0 Å². The third-order valence-electron chi connectivity index (χ3n) is 4.14. The average Bonchev–Trinajstić information content (AvgIpc) is 3.10. The molecule has 3 aromatic rings. The minimum atomic E-state index is -1.32. The molecule has 0 amide bonds. The first-order chi connectivity index (χ1) is 13.3. The predicted molar refractivity (Wildman–Crippen MR) is 104 cm³/mol. The molecule has 1 N–H and O–H groups in total. The second kappa shape index (κ2) is 8.04. The largest absolute Gasteiger partial charge is 0.477 e. The van der Waals surface area contributed by atoms with E-state index in [0.29, 0.717) is 22.8 Å². The fourth-order valence-electron chi connectivity index (χ4n) is 2.95. The number of ether oxygens (including phenoxy) is 1. The topological polar surface area (TPSA) is 99.2 Å². The second-order valence-corrected chi connectivity index (χ2v) is 6.65. The molecule has 0 aliphatic carbocycles. The fraction of sp³-hybridized carbons (Fsp3) is 0.222. The van der Waals surface area contributed by atoms with Crippen molar-refractivity contribution < 1.29 is 14.6 Å². The van der Waals surface area contributed by atoms with Gasteiger partial charge in [-0.1, -0.05) is 29.3 Å². The lowest BCUT2D eigenvalue weighted by Gasteiger charge is -2.20. The van der Waals surface area contributed by atoms with Crippen LogP contribution in [0.25, 0.3) is 11.3 Å². The number of benzene rings is 1. The van der Waals surface area contributed by atoms with Crippen molar-refractivity contribution in [2.75, 3.05) is 7.11 Å². The van der Waals surface area contributed by atoms with Gasteiger partial charge in [0, 0.05) is 23.9 Å².